The molecule has 2 amide bonds. The van der Waals surface area contributed by atoms with Crippen LogP contribution >= 0.6 is 11.3 Å². The van der Waals surface area contributed by atoms with E-state index in [-0.39, 0.29) is 17.6 Å². The Bertz CT molecular complexity index is 1530. The quantitative estimate of drug-likeness (QED) is 0.206. The third-order valence-corrected chi connectivity index (χ3v) is 6.90. The SMILES string of the molecule is CC(=O)c1ccc(C(=O)Nc2cccc(Cc3ccc4c(c3)/C(=C/Nc3cc(C)n[nH]3)C(=O)N4)c2)s1. The molecule has 0 spiro atoms. The van der Waals surface area contributed by atoms with E-state index in [1.54, 1.807) is 18.3 Å². The number of fused-ring (bicyclic) bond motifs is 1. The number of hydrogen-bond acceptors (Lipinski definition) is 6. The number of aromatic amines is 1. The molecule has 0 unspecified atom stereocenters. The van der Waals surface area contributed by atoms with E-state index < -0.39 is 0 Å². The highest BCUT2D eigenvalue weighted by Crippen LogP contribution is 2.33. The van der Waals surface area contributed by atoms with Gasteiger partial charge in [-0.3, -0.25) is 19.5 Å². The zero-order valence-electron chi connectivity index (χ0n) is 19.6. The van der Waals surface area contributed by atoms with Gasteiger partial charge in [-0.15, -0.1) is 11.3 Å². The Labute approximate surface area is 211 Å². The fourth-order valence-corrected chi connectivity index (χ4v) is 4.77. The molecule has 0 fully saturated rings. The molecule has 0 saturated heterocycles. The zero-order valence-corrected chi connectivity index (χ0v) is 20.5. The first-order chi connectivity index (χ1) is 17.4. The number of carbonyl (C=O) groups excluding carboxylic acids is 3. The summed E-state index contributed by atoms with van der Waals surface area (Å²) < 4.78 is 0. The van der Waals surface area contributed by atoms with Crippen molar-refractivity contribution in [3.8, 4) is 0 Å². The summed E-state index contributed by atoms with van der Waals surface area (Å²) in [6, 6.07) is 18.7. The largest absolute Gasteiger partial charge is 0.346 e. The molecule has 0 radical (unpaired) electrons. The molecule has 0 aliphatic carbocycles. The number of benzene rings is 2. The first-order valence-corrected chi connectivity index (χ1v) is 12.1. The van der Waals surface area contributed by atoms with Crippen LogP contribution in [0.1, 0.15) is 48.7 Å². The van der Waals surface area contributed by atoms with Gasteiger partial charge in [0.1, 0.15) is 5.82 Å². The Balaban J connectivity index is 1.31. The summed E-state index contributed by atoms with van der Waals surface area (Å²) in [4.78, 5) is 37.7. The molecule has 5 rings (SSSR count). The van der Waals surface area contributed by atoms with Gasteiger partial charge in [0, 0.05) is 29.2 Å². The minimum atomic E-state index is -0.249. The molecule has 9 heteroatoms. The van der Waals surface area contributed by atoms with Gasteiger partial charge < -0.3 is 16.0 Å². The molecule has 2 aromatic carbocycles. The molecule has 0 bridgehead atoms. The molecule has 0 atom stereocenters. The topological polar surface area (TPSA) is 116 Å². The van der Waals surface area contributed by atoms with Gasteiger partial charge in [-0.1, -0.05) is 18.2 Å². The van der Waals surface area contributed by atoms with E-state index in [1.165, 1.54) is 18.3 Å². The molecule has 3 heterocycles. The molecule has 4 N–H and O–H groups in total. The smallest absolute Gasteiger partial charge is 0.265 e. The summed E-state index contributed by atoms with van der Waals surface area (Å²) >= 11 is 1.18. The standard InChI is InChI=1S/C27H23N5O3S/c1-15-10-25(32-31-15)28-14-21-20-13-18(6-7-22(20)30-26(21)34)11-17-4-3-5-19(12-17)29-27(35)24-9-8-23(36-24)16(2)33/h3-10,12-14H,11H2,1-2H3,(H,29,35)(H,30,34)(H2,28,31,32)/b21-14-. The Morgan fingerprint density at radius 1 is 1.03 bits per heavy atom. The highest BCUT2D eigenvalue weighted by Gasteiger charge is 2.24. The third kappa shape index (κ3) is 4.96. The van der Waals surface area contributed by atoms with E-state index in [4.69, 9.17) is 0 Å². The fourth-order valence-electron chi connectivity index (χ4n) is 3.97. The number of rotatable bonds is 7. The van der Waals surface area contributed by atoms with Gasteiger partial charge >= 0.3 is 0 Å². The van der Waals surface area contributed by atoms with Crippen LogP contribution in [0.5, 0.6) is 0 Å². The molecule has 8 nitrogen and oxygen atoms in total. The maximum atomic E-state index is 12.6. The lowest BCUT2D eigenvalue weighted by molar-refractivity contribution is -0.110. The van der Waals surface area contributed by atoms with E-state index in [2.05, 4.69) is 26.1 Å². The molecule has 1 aliphatic heterocycles. The summed E-state index contributed by atoms with van der Waals surface area (Å²) in [7, 11) is 0. The van der Waals surface area contributed by atoms with E-state index in [0.29, 0.717) is 33.3 Å². The molecule has 180 valence electrons. The Morgan fingerprint density at radius 2 is 1.83 bits per heavy atom. The number of aromatic nitrogens is 2. The lowest BCUT2D eigenvalue weighted by Gasteiger charge is -2.08. The number of nitrogens with zero attached hydrogens (tertiary/aromatic N) is 1. The second-order valence-corrected chi connectivity index (χ2v) is 9.59. The van der Waals surface area contributed by atoms with Crippen molar-refractivity contribution in [3.05, 3.63) is 99.0 Å². The van der Waals surface area contributed by atoms with Crippen molar-refractivity contribution in [1.82, 2.24) is 10.2 Å². The van der Waals surface area contributed by atoms with Crippen molar-refractivity contribution in [2.24, 2.45) is 0 Å². The lowest BCUT2D eigenvalue weighted by atomic mass is 9.99. The predicted octanol–water partition coefficient (Wildman–Crippen LogP) is 5.23. The summed E-state index contributed by atoms with van der Waals surface area (Å²) in [5.74, 6) is 0.229. The fraction of sp³-hybridized carbons (Fsp3) is 0.111. The molecular formula is C27H23N5O3S. The minimum absolute atomic E-state index is 0.0579. The third-order valence-electron chi connectivity index (χ3n) is 5.71. The molecule has 36 heavy (non-hydrogen) atoms. The zero-order chi connectivity index (χ0) is 25.2. The number of H-pyrrole nitrogens is 1. The number of carbonyl (C=O) groups is 3. The Morgan fingerprint density at radius 3 is 2.58 bits per heavy atom. The maximum absolute atomic E-state index is 12.6. The van der Waals surface area contributed by atoms with Crippen LogP contribution in [0.25, 0.3) is 5.57 Å². The first-order valence-electron chi connectivity index (χ1n) is 11.3. The average Bonchev–Trinajstić information content (AvgIpc) is 3.57. The summed E-state index contributed by atoms with van der Waals surface area (Å²) in [5.41, 5.74) is 5.70. The van der Waals surface area contributed by atoms with Crippen LogP contribution in [0, 0.1) is 6.92 Å². The van der Waals surface area contributed by atoms with Gasteiger partial charge in [0.2, 0.25) is 0 Å². The minimum Gasteiger partial charge on any atom is -0.346 e. The van der Waals surface area contributed by atoms with Gasteiger partial charge in [0.25, 0.3) is 11.8 Å². The predicted molar refractivity (Wildman–Crippen MR) is 142 cm³/mol. The number of anilines is 3. The average molecular weight is 498 g/mol. The lowest BCUT2D eigenvalue weighted by Crippen LogP contribution is -2.10. The number of aryl methyl sites for hydroxylation is 1. The normalized spacial score (nSPS) is 13.4. The summed E-state index contributed by atoms with van der Waals surface area (Å²) in [6.07, 6.45) is 2.30. The van der Waals surface area contributed by atoms with Crippen LogP contribution in [0.4, 0.5) is 17.2 Å². The monoisotopic (exact) mass is 497 g/mol. The number of Topliss-reactive ketones (excluding diaryl/α,β-unsaturated/α-hetero) is 1. The van der Waals surface area contributed by atoms with Crippen molar-refractivity contribution in [3.63, 3.8) is 0 Å². The molecule has 0 saturated carbocycles. The second kappa shape index (κ2) is 9.63. The Kier molecular flexibility index (Phi) is 6.22. The summed E-state index contributed by atoms with van der Waals surface area (Å²) in [5, 5.41) is 15.8. The van der Waals surface area contributed by atoms with Crippen molar-refractivity contribution in [2.45, 2.75) is 20.3 Å². The molecule has 2 aromatic heterocycles. The van der Waals surface area contributed by atoms with E-state index in [1.807, 2.05) is 55.5 Å². The van der Waals surface area contributed by atoms with Crippen LogP contribution in [0.2, 0.25) is 0 Å². The number of hydrogen-bond donors (Lipinski definition) is 4. The van der Waals surface area contributed by atoms with Gasteiger partial charge in [0.15, 0.2) is 5.78 Å². The molecule has 1 aliphatic rings. The number of thiophene rings is 1. The second-order valence-electron chi connectivity index (χ2n) is 8.51. The van der Waals surface area contributed by atoms with Gasteiger partial charge in [-0.05, 0) is 67.8 Å². The first kappa shape index (κ1) is 23.3. The van der Waals surface area contributed by atoms with Gasteiger partial charge in [-0.25, -0.2) is 0 Å². The van der Waals surface area contributed by atoms with E-state index in [0.717, 1.165) is 28.1 Å². The number of amides is 2. The van der Waals surface area contributed by atoms with Crippen LogP contribution in [0.3, 0.4) is 0 Å². The van der Waals surface area contributed by atoms with Gasteiger partial charge in [-0.2, -0.15) is 5.10 Å². The highest BCUT2D eigenvalue weighted by molar-refractivity contribution is 7.16. The van der Waals surface area contributed by atoms with Crippen molar-refractivity contribution in [2.75, 3.05) is 16.0 Å². The highest BCUT2D eigenvalue weighted by atomic mass is 32.1. The number of ketones is 1. The van der Waals surface area contributed by atoms with E-state index >= 15 is 0 Å². The van der Waals surface area contributed by atoms with E-state index in [9.17, 15) is 14.4 Å². The van der Waals surface area contributed by atoms with Gasteiger partial charge in [0.05, 0.1) is 21.0 Å². The van der Waals surface area contributed by atoms with Crippen LogP contribution in [-0.4, -0.2) is 27.8 Å². The number of nitrogens with one attached hydrogen (secondary N) is 4. The summed E-state index contributed by atoms with van der Waals surface area (Å²) in [6.45, 7) is 3.36. The Hall–Kier alpha value is -4.50. The molecular weight excluding hydrogens is 474 g/mol. The molecule has 4 aromatic rings. The van der Waals surface area contributed by atoms with Crippen molar-refractivity contribution >= 4 is 51.7 Å². The van der Waals surface area contributed by atoms with Crippen LogP contribution in [-0.2, 0) is 11.2 Å². The van der Waals surface area contributed by atoms with Crippen molar-refractivity contribution in [1.29, 1.82) is 0 Å². The van der Waals surface area contributed by atoms with Crippen LogP contribution < -0.4 is 16.0 Å². The van der Waals surface area contributed by atoms with Crippen molar-refractivity contribution < 1.29 is 14.4 Å². The van der Waals surface area contributed by atoms with Crippen LogP contribution in [0.15, 0.2) is 66.9 Å². The maximum Gasteiger partial charge on any atom is 0.265 e.